The molecule has 3 amide bonds. The summed E-state index contributed by atoms with van der Waals surface area (Å²) in [6, 6.07) is -2.53. The van der Waals surface area contributed by atoms with Crippen LogP contribution in [-0.2, 0) is 14.4 Å². The van der Waals surface area contributed by atoms with Crippen molar-refractivity contribution in [2.75, 3.05) is 13.2 Å². The lowest BCUT2D eigenvalue weighted by Gasteiger charge is -2.19. The largest absolute Gasteiger partial charge is 0.394 e. The molecule has 0 aromatic carbocycles. The van der Waals surface area contributed by atoms with Crippen molar-refractivity contribution in [1.82, 2.24) is 16.0 Å². The maximum Gasteiger partial charge on any atom is 0.245 e. The molecule has 0 unspecified atom stereocenters. The van der Waals surface area contributed by atoms with Gasteiger partial charge in [-0.3, -0.25) is 14.4 Å². The van der Waals surface area contributed by atoms with E-state index in [0.717, 1.165) is 6.42 Å². The lowest BCUT2D eigenvalue weighted by atomic mass is 10.1. The highest BCUT2D eigenvalue weighted by molar-refractivity contribution is 5.97. The van der Waals surface area contributed by atoms with E-state index in [-0.39, 0.29) is 0 Å². The van der Waals surface area contributed by atoms with Gasteiger partial charge in [-0.15, -0.1) is 0 Å². The second-order valence-corrected chi connectivity index (χ2v) is 4.82. The van der Waals surface area contributed by atoms with Crippen molar-refractivity contribution in [2.45, 2.75) is 44.3 Å². The molecule has 20 heavy (non-hydrogen) atoms. The van der Waals surface area contributed by atoms with Crippen LogP contribution in [0.3, 0.4) is 0 Å². The zero-order chi connectivity index (χ0) is 15.1. The van der Waals surface area contributed by atoms with Gasteiger partial charge in [-0.05, 0) is 32.7 Å². The monoisotopic (exact) mass is 286 g/mol. The second kappa shape index (κ2) is 7.81. The quantitative estimate of drug-likeness (QED) is 0.359. The van der Waals surface area contributed by atoms with Crippen LogP contribution in [0.4, 0.5) is 0 Å². The summed E-state index contributed by atoms with van der Waals surface area (Å²) in [5.41, 5.74) is 5.40. The molecule has 0 aromatic heterocycles. The predicted octanol–water partition coefficient (Wildman–Crippen LogP) is -2.40. The molecule has 114 valence electrons. The number of carbonyl (C=O) groups excluding carboxylic acids is 3. The molecule has 1 aliphatic heterocycles. The van der Waals surface area contributed by atoms with Gasteiger partial charge in [0.05, 0.1) is 6.61 Å². The van der Waals surface area contributed by atoms with Crippen molar-refractivity contribution in [3.8, 4) is 0 Å². The van der Waals surface area contributed by atoms with Crippen LogP contribution in [-0.4, -0.2) is 54.1 Å². The molecule has 8 nitrogen and oxygen atoms in total. The molecule has 0 aliphatic carbocycles. The molecule has 1 rings (SSSR count). The number of aliphatic hydroxyl groups is 1. The third kappa shape index (κ3) is 4.46. The van der Waals surface area contributed by atoms with Gasteiger partial charge < -0.3 is 26.8 Å². The lowest BCUT2D eigenvalue weighted by molar-refractivity contribution is -0.130. The van der Waals surface area contributed by atoms with E-state index >= 15 is 0 Å². The molecule has 3 atom stereocenters. The molecule has 1 aliphatic rings. The van der Waals surface area contributed by atoms with Crippen LogP contribution >= 0.6 is 0 Å². The summed E-state index contributed by atoms with van der Waals surface area (Å²) >= 11 is 0. The highest BCUT2D eigenvalue weighted by atomic mass is 16.3. The third-order valence-corrected chi connectivity index (χ3v) is 3.15. The third-order valence-electron chi connectivity index (χ3n) is 3.15. The summed E-state index contributed by atoms with van der Waals surface area (Å²) < 4.78 is 0. The molecule has 1 fully saturated rings. The Morgan fingerprint density at radius 3 is 2.20 bits per heavy atom. The summed E-state index contributed by atoms with van der Waals surface area (Å²) in [6.45, 7) is 1.51. The average Bonchev–Trinajstić information content (AvgIpc) is 2.45. The summed E-state index contributed by atoms with van der Waals surface area (Å²) in [7, 11) is 0. The molecule has 6 N–H and O–H groups in total. The zero-order valence-corrected chi connectivity index (χ0v) is 11.5. The van der Waals surface area contributed by atoms with Gasteiger partial charge in [-0.25, -0.2) is 0 Å². The van der Waals surface area contributed by atoms with Crippen molar-refractivity contribution in [1.29, 1.82) is 0 Å². The first-order valence-electron chi connectivity index (χ1n) is 6.71. The SMILES string of the molecule is C[C@@H]1NC(=O)[C@H](CO)NC(=O)[C@H](CCCCN)NC1=O. The van der Waals surface area contributed by atoms with Gasteiger partial charge >= 0.3 is 0 Å². The number of nitrogens with one attached hydrogen (secondary N) is 3. The number of aliphatic hydroxyl groups excluding tert-OH is 1. The van der Waals surface area contributed by atoms with Gasteiger partial charge in [0.1, 0.15) is 18.1 Å². The van der Waals surface area contributed by atoms with E-state index in [2.05, 4.69) is 16.0 Å². The smallest absolute Gasteiger partial charge is 0.245 e. The van der Waals surface area contributed by atoms with Gasteiger partial charge in [-0.1, -0.05) is 0 Å². The van der Waals surface area contributed by atoms with E-state index in [4.69, 9.17) is 10.8 Å². The number of rotatable bonds is 5. The fraction of sp³-hybridized carbons (Fsp3) is 0.750. The summed E-state index contributed by atoms with van der Waals surface area (Å²) in [6.07, 6.45) is 1.87. The minimum Gasteiger partial charge on any atom is -0.394 e. The van der Waals surface area contributed by atoms with Crippen LogP contribution in [0.25, 0.3) is 0 Å². The zero-order valence-electron chi connectivity index (χ0n) is 11.5. The first-order valence-corrected chi connectivity index (χ1v) is 6.71. The number of hydrogen-bond acceptors (Lipinski definition) is 5. The fourth-order valence-corrected chi connectivity index (χ4v) is 1.90. The molecule has 0 radical (unpaired) electrons. The van der Waals surface area contributed by atoms with Crippen LogP contribution in [0.15, 0.2) is 0 Å². The Kier molecular flexibility index (Phi) is 6.40. The van der Waals surface area contributed by atoms with Crippen molar-refractivity contribution in [3.05, 3.63) is 0 Å². The van der Waals surface area contributed by atoms with Gasteiger partial charge in [0, 0.05) is 0 Å². The topological polar surface area (TPSA) is 134 Å². The normalized spacial score (nSPS) is 27.8. The molecule has 0 aromatic rings. The molecule has 0 saturated carbocycles. The number of amides is 3. The van der Waals surface area contributed by atoms with Crippen molar-refractivity contribution in [3.63, 3.8) is 0 Å². The van der Waals surface area contributed by atoms with Crippen LogP contribution < -0.4 is 21.7 Å². The predicted molar refractivity (Wildman–Crippen MR) is 71.5 cm³/mol. The summed E-state index contributed by atoms with van der Waals surface area (Å²) in [4.78, 5) is 35.6. The highest BCUT2D eigenvalue weighted by Crippen LogP contribution is 2.04. The minimum absolute atomic E-state index is 0.426. The Bertz CT molecular complexity index is 374. The first kappa shape index (κ1) is 16.4. The maximum absolute atomic E-state index is 12.0. The summed E-state index contributed by atoms with van der Waals surface area (Å²) in [5, 5.41) is 16.6. The lowest BCUT2D eigenvalue weighted by Crippen LogP contribution is -2.52. The Morgan fingerprint density at radius 2 is 1.60 bits per heavy atom. The number of hydrogen-bond donors (Lipinski definition) is 5. The van der Waals surface area contributed by atoms with Crippen LogP contribution in [0.1, 0.15) is 26.2 Å². The molecule has 1 heterocycles. The van der Waals surface area contributed by atoms with Crippen LogP contribution in [0.5, 0.6) is 0 Å². The molecule has 0 bridgehead atoms. The molecule has 1 saturated heterocycles. The Labute approximate surface area is 117 Å². The molecule has 0 spiro atoms. The summed E-state index contributed by atoms with van der Waals surface area (Å²) in [5.74, 6) is -1.48. The fourth-order valence-electron chi connectivity index (χ4n) is 1.90. The standard InChI is InChI=1S/C12H22N4O4/c1-7-10(18)15-8(4-2-3-5-13)11(19)16-9(6-17)12(20)14-7/h7-9,17H,2-6,13H2,1H3,(H,14,20)(H,15,18)(H,16,19)/t7-,8-,9-/m0/s1. The second-order valence-electron chi connectivity index (χ2n) is 4.82. The minimum atomic E-state index is -1.05. The van der Waals surface area contributed by atoms with Crippen molar-refractivity contribution in [2.24, 2.45) is 5.73 Å². The van der Waals surface area contributed by atoms with Crippen molar-refractivity contribution < 1.29 is 19.5 Å². The van der Waals surface area contributed by atoms with E-state index in [0.29, 0.717) is 19.4 Å². The first-order chi connectivity index (χ1) is 9.49. The van der Waals surface area contributed by atoms with E-state index < -0.39 is 42.5 Å². The molecular weight excluding hydrogens is 264 g/mol. The molecular formula is C12H22N4O4. The van der Waals surface area contributed by atoms with Crippen molar-refractivity contribution >= 4 is 17.7 Å². The van der Waals surface area contributed by atoms with E-state index in [1.54, 1.807) is 0 Å². The average molecular weight is 286 g/mol. The Hall–Kier alpha value is -1.67. The van der Waals surface area contributed by atoms with Gasteiger partial charge in [-0.2, -0.15) is 0 Å². The van der Waals surface area contributed by atoms with Crippen LogP contribution in [0, 0.1) is 0 Å². The van der Waals surface area contributed by atoms with Gasteiger partial charge in [0.15, 0.2) is 0 Å². The van der Waals surface area contributed by atoms with Crippen LogP contribution in [0.2, 0.25) is 0 Å². The number of nitrogens with two attached hydrogens (primary N) is 1. The highest BCUT2D eigenvalue weighted by Gasteiger charge is 2.31. The van der Waals surface area contributed by atoms with Gasteiger partial charge in [0.25, 0.3) is 0 Å². The number of carbonyl (C=O) groups is 3. The molecule has 8 heteroatoms. The van der Waals surface area contributed by atoms with E-state index in [9.17, 15) is 14.4 Å². The maximum atomic E-state index is 12.0. The van der Waals surface area contributed by atoms with Gasteiger partial charge in [0.2, 0.25) is 17.7 Å². The van der Waals surface area contributed by atoms with E-state index in [1.165, 1.54) is 6.92 Å². The van der Waals surface area contributed by atoms with E-state index in [1.807, 2.05) is 0 Å². The Morgan fingerprint density at radius 1 is 1.00 bits per heavy atom. The number of unbranched alkanes of at least 4 members (excludes halogenated alkanes) is 1. The Balaban J connectivity index is 2.81.